The van der Waals surface area contributed by atoms with Crippen LogP contribution in [0.1, 0.15) is 44.0 Å². The van der Waals surface area contributed by atoms with Gasteiger partial charge < -0.3 is 16.0 Å². The molecule has 0 aliphatic rings. The van der Waals surface area contributed by atoms with E-state index in [1.165, 1.54) is 49.0 Å². The normalized spacial score (nSPS) is 11.7. The van der Waals surface area contributed by atoms with E-state index in [-0.39, 0.29) is 23.0 Å². The average Bonchev–Trinajstić information content (AvgIpc) is 3.09. The summed E-state index contributed by atoms with van der Waals surface area (Å²) in [7, 11) is 0. The highest BCUT2D eigenvalue weighted by molar-refractivity contribution is 9.10. The molecule has 0 saturated carbocycles. The van der Waals surface area contributed by atoms with E-state index < -0.39 is 22.9 Å². The Hall–Kier alpha value is -5.32. The number of nitrogens with one attached hydrogen (secondary N) is 3. The number of hydrogen-bond acceptors (Lipinski definition) is 5. The number of benzene rings is 5. The van der Waals surface area contributed by atoms with Crippen LogP contribution >= 0.6 is 27.7 Å². The fraction of sp³-hybridized carbons (Fsp3) is 0.0526. The van der Waals surface area contributed by atoms with Gasteiger partial charge in [-0.25, -0.2) is 4.39 Å². The number of rotatable bonds is 11. The van der Waals surface area contributed by atoms with Gasteiger partial charge in [0.2, 0.25) is 5.91 Å². The minimum Gasteiger partial charge on any atom is -0.325 e. The molecule has 0 aliphatic heterocycles. The maximum absolute atomic E-state index is 14.3. The van der Waals surface area contributed by atoms with E-state index in [4.69, 9.17) is 0 Å². The lowest BCUT2D eigenvalue weighted by Crippen LogP contribution is -2.31. The molecule has 240 valence electrons. The summed E-state index contributed by atoms with van der Waals surface area (Å²) in [5.41, 5.74) is 2.73. The molecule has 0 aromatic heterocycles. The maximum atomic E-state index is 14.3. The van der Waals surface area contributed by atoms with Crippen molar-refractivity contribution < 1.29 is 23.6 Å². The SMILES string of the molecule is CC(=O)c1ccc(NC(=O)[C@H](Sc2ccc(NC(=O)/C(=C\c3ccc(Br)cc3)NC(=O)c3ccccc3F)cc2)c2ccccc2)cc1. The van der Waals surface area contributed by atoms with E-state index >= 15 is 0 Å². The van der Waals surface area contributed by atoms with Crippen molar-refractivity contribution in [1.29, 1.82) is 0 Å². The van der Waals surface area contributed by atoms with E-state index in [9.17, 15) is 23.6 Å². The molecule has 0 fully saturated rings. The summed E-state index contributed by atoms with van der Waals surface area (Å²) in [6, 6.07) is 35.6. The van der Waals surface area contributed by atoms with Gasteiger partial charge in [0.1, 0.15) is 16.8 Å². The Morgan fingerprint density at radius 2 is 1.33 bits per heavy atom. The fourth-order valence-corrected chi connectivity index (χ4v) is 5.86. The van der Waals surface area contributed by atoms with Crippen LogP contribution in [0.25, 0.3) is 6.08 Å². The molecular weight excluding hydrogens is 693 g/mol. The minimum atomic E-state index is -0.765. The molecule has 3 amide bonds. The number of ketones is 1. The molecule has 0 aliphatic carbocycles. The molecule has 48 heavy (non-hydrogen) atoms. The number of halogens is 2. The second-order valence-electron chi connectivity index (χ2n) is 10.6. The smallest absolute Gasteiger partial charge is 0.272 e. The molecule has 1 atom stereocenters. The molecule has 0 unspecified atom stereocenters. The standard InChI is InChI=1S/C38H29BrFN3O4S/c1-24(44)26-13-17-29(18-14-26)42-38(47)35(27-7-3-2-4-8-27)48-31-21-19-30(20-22-31)41-37(46)34(23-25-11-15-28(39)16-12-25)43-36(45)32-9-5-6-10-33(32)40/h2-23,35H,1H3,(H,41,46)(H,42,47)(H,43,45)/b34-23+/t35-/m1/s1. The van der Waals surface area contributed by atoms with Gasteiger partial charge in [-0.05, 0) is 96.9 Å². The molecule has 5 aromatic carbocycles. The predicted molar refractivity (Wildman–Crippen MR) is 191 cm³/mol. The highest BCUT2D eigenvalue weighted by atomic mass is 79.9. The van der Waals surface area contributed by atoms with Crippen LogP contribution < -0.4 is 16.0 Å². The summed E-state index contributed by atoms with van der Waals surface area (Å²) >= 11 is 4.72. The monoisotopic (exact) mass is 721 g/mol. The molecule has 0 heterocycles. The van der Waals surface area contributed by atoms with Crippen LogP contribution in [0.15, 0.2) is 142 Å². The van der Waals surface area contributed by atoms with Gasteiger partial charge in [0.15, 0.2) is 5.78 Å². The Bertz CT molecular complexity index is 1970. The van der Waals surface area contributed by atoms with Crippen LogP contribution in [-0.2, 0) is 9.59 Å². The van der Waals surface area contributed by atoms with Gasteiger partial charge in [0, 0.05) is 26.3 Å². The van der Waals surface area contributed by atoms with Gasteiger partial charge in [-0.15, -0.1) is 11.8 Å². The number of amides is 3. The van der Waals surface area contributed by atoms with Crippen molar-refractivity contribution in [2.45, 2.75) is 17.1 Å². The lowest BCUT2D eigenvalue weighted by Gasteiger charge is -2.18. The first kappa shape index (κ1) is 34.0. The van der Waals surface area contributed by atoms with Crippen LogP contribution in [-0.4, -0.2) is 23.5 Å². The highest BCUT2D eigenvalue weighted by Crippen LogP contribution is 2.37. The van der Waals surface area contributed by atoms with E-state index in [0.717, 1.165) is 14.9 Å². The summed E-state index contributed by atoms with van der Waals surface area (Å²) in [4.78, 5) is 52.2. The maximum Gasteiger partial charge on any atom is 0.272 e. The van der Waals surface area contributed by atoms with E-state index in [2.05, 4.69) is 31.9 Å². The quantitative estimate of drug-likeness (QED) is 0.0720. The van der Waals surface area contributed by atoms with E-state index in [0.29, 0.717) is 22.5 Å². The lowest BCUT2D eigenvalue weighted by atomic mass is 10.1. The Labute approximate surface area is 289 Å². The van der Waals surface area contributed by atoms with Crippen molar-refractivity contribution in [3.63, 3.8) is 0 Å². The average molecular weight is 723 g/mol. The van der Waals surface area contributed by atoms with Crippen molar-refractivity contribution in [3.05, 3.63) is 166 Å². The van der Waals surface area contributed by atoms with Gasteiger partial charge in [-0.3, -0.25) is 19.2 Å². The first-order valence-corrected chi connectivity index (χ1v) is 16.4. The second-order valence-corrected chi connectivity index (χ2v) is 12.6. The first-order chi connectivity index (χ1) is 23.2. The summed E-state index contributed by atoms with van der Waals surface area (Å²) in [6.07, 6.45) is 1.50. The van der Waals surface area contributed by atoms with E-state index in [1.807, 2.05) is 30.3 Å². The Kier molecular flexibility index (Phi) is 11.3. The molecule has 5 aromatic rings. The summed E-state index contributed by atoms with van der Waals surface area (Å²) in [5.74, 6) is -2.39. The van der Waals surface area contributed by atoms with Crippen molar-refractivity contribution in [2.24, 2.45) is 0 Å². The number of Topliss-reactive ketones (excluding diaryl/α,β-unsaturated/α-hetero) is 1. The van der Waals surface area contributed by atoms with Gasteiger partial charge in [0.25, 0.3) is 11.8 Å². The molecule has 3 N–H and O–H groups in total. The minimum absolute atomic E-state index is 0.0607. The molecular formula is C38H29BrFN3O4S. The molecule has 0 saturated heterocycles. The third kappa shape index (κ3) is 9.15. The van der Waals surface area contributed by atoms with Crippen LogP contribution in [0.3, 0.4) is 0 Å². The van der Waals surface area contributed by atoms with Crippen molar-refractivity contribution in [1.82, 2.24) is 5.32 Å². The molecule has 0 radical (unpaired) electrons. The largest absolute Gasteiger partial charge is 0.325 e. The van der Waals surface area contributed by atoms with Crippen LogP contribution in [0.5, 0.6) is 0 Å². The van der Waals surface area contributed by atoms with Crippen LogP contribution in [0.4, 0.5) is 15.8 Å². The number of carbonyl (C=O) groups is 4. The van der Waals surface area contributed by atoms with Crippen molar-refractivity contribution in [2.75, 3.05) is 10.6 Å². The van der Waals surface area contributed by atoms with Gasteiger partial charge in [-0.2, -0.15) is 0 Å². The number of hydrogen-bond donors (Lipinski definition) is 3. The molecule has 7 nitrogen and oxygen atoms in total. The fourth-order valence-electron chi connectivity index (χ4n) is 4.57. The first-order valence-electron chi connectivity index (χ1n) is 14.7. The molecule has 5 rings (SSSR count). The number of thioether (sulfide) groups is 1. The lowest BCUT2D eigenvalue weighted by molar-refractivity contribution is -0.116. The molecule has 0 spiro atoms. The summed E-state index contributed by atoms with van der Waals surface area (Å²) < 4.78 is 15.2. The predicted octanol–water partition coefficient (Wildman–Crippen LogP) is 8.67. The zero-order chi connectivity index (χ0) is 34.0. The Morgan fingerprint density at radius 3 is 1.98 bits per heavy atom. The topological polar surface area (TPSA) is 104 Å². The van der Waals surface area contributed by atoms with Crippen molar-refractivity contribution >= 4 is 68.6 Å². The Morgan fingerprint density at radius 1 is 0.729 bits per heavy atom. The van der Waals surface area contributed by atoms with Crippen molar-refractivity contribution in [3.8, 4) is 0 Å². The highest BCUT2D eigenvalue weighted by Gasteiger charge is 2.23. The van der Waals surface area contributed by atoms with Gasteiger partial charge >= 0.3 is 0 Å². The van der Waals surface area contributed by atoms with Gasteiger partial charge in [-0.1, -0.05) is 70.5 Å². The van der Waals surface area contributed by atoms with Gasteiger partial charge in [0.05, 0.1) is 5.56 Å². The third-order valence-electron chi connectivity index (χ3n) is 7.06. The third-order valence-corrected chi connectivity index (χ3v) is 8.85. The number of anilines is 2. The van der Waals surface area contributed by atoms with E-state index in [1.54, 1.807) is 72.8 Å². The Balaban J connectivity index is 1.32. The molecule has 0 bridgehead atoms. The summed E-state index contributed by atoms with van der Waals surface area (Å²) in [5, 5.41) is 7.67. The molecule has 10 heteroatoms. The summed E-state index contributed by atoms with van der Waals surface area (Å²) in [6.45, 7) is 1.48. The zero-order valence-electron chi connectivity index (χ0n) is 25.6. The zero-order valence-corrected chi connectivity index (χ0v) is 28.0. The second kappa shape index (κ2) is 16.0. The van der Waals surface area contributed by atoms with Crippen LogP contribution in [0, 0.1) is 5.82 Å². The number of carbonyl (C=O) groups excluding carboxylic acids is 4. The van der Waals surface area contributed by atoms with Crippen LogP contribution in [0.2, 0.25) is 0 Å².